The largest absolute Gasteiger partial charge is 0.342 e. The number of pyridine rings is 1. The molecule has 2 aromatic carbocycles. The monoisotopic (exact) mass is 489 g/mol. The first-order chi connectivity index (χ1) is 18.1. The van der Waals surface area contributed by atoms with Crippen molar-refractivity contribution >= 4 is 34.4 Å². The number of anilines is 1. The standard InChI is InChI=1S/C29H20FN5O2/c30-21-9-2-1-6-17(21)14-19-15-18-7-5-8-20-26(31-11-13-34(19)27(18)20)25-24(28(36)33-29(25)37)22-16-32-23-10-3-4-12-35(22)23/h1-13,16,19H,14-15H2,(H,33,36,37). The van der Waals surface area contributed by atoms with Gasteiger partial charge in [-0.25, -0.2) is 9.37 Å². The normalized spacial score (nSPS) is 18.4. The summed E-state index contributed by atoms with van der Waals surface area (Å²) in [6.45, 7) is 0. The Morgan fingerprint density at radius 1 is 0.973 bits per heavy atom. The van der Waals surface area contributed by atoms with E-state index in [1.807, 2.05) is 60.9 Å². The molecule has 0 bridgehead atoms. The van der Waals surface area contributed by atoms with Gasteiger partial charge < -0.3 is 4.90 Å². The minimum atomic E-state index is -0.495. The van der Waals surface area contributed by atoms with Gasteiger partial charge in [-0.05, 0) is 42.2 Å². The SMILES string of the molecule is O=C1NC(=O)C(c2cnc3ccccn23)=C1C1=NC=CN2c3c(cccc31)CC2Cc1ccccc1F. The van der Waals surface area contributed by atoms with Gasteiger partial charge in [0.15, 0.2) is 0 Å². The maximum atomic E-state index is 14.5. The van der Waals surface area contributed by atoms with Crippen LogP contribution in [-0.4, -0.2) is 33.0 Å². The van der Waals surface area contributed by atoms with Crippen molar-refractivity contribution in [3.63, 3.8) is 0 Å². The predicted molar refractivity (Wildman–Crippen MR) is 137 cm³/mol. The molecule has 1 atom stereocenters. The molecule has 7 nitrogen and oxygen atoms in total. The number of rotatable bonds is 4. The Hall–Kier alpha value is -4.85. The van der Waals surface area contributed by atoms with Crippen LogP contribution in [0.2, 0.25) is 0 Å². The molecule has 8 heteroatoms. The summed E-state index contributed by atoms with van der Waals surface area (Å²) in [6, 6.07) is 18.2. The summed E-state index contributed by atoms with van der Waals surface area (Å²) in [4.78, 5) is 37.4. The summed E-state index contributed by atoms with van der Waals surface area (Å²) < 4.78 is 16.2. The fourth-order valence-electron chi connectivity index (χ4n) is 5.56. The van der Waals surface area contributed by atoms with E-state index in [1.165, 1.54) is 6.07 Å². The lowest BCUT2D eigenvalue weighted by Crippen LogP contribution is -2.30. The maximum Gasteiger partial charge on any atom is 0.261 e. The summed E-state index contributed by atoms with van der Waals surface area (Å²) in [5.41, 5.74) is 5.48. The molecule has 2 aromatic heterocycles. The molecule has 0 saturated heterocycles. The molecule has 180 valence electrons. The maximum absolute atomic E-state index is 14.5. The van der Waals surface area contributed by atoms with Gasteiger partial charge in [-0.1, -0.05) is 42.5 Å². The number of fused-ring (bicyclic) bond motifs is 1. The van der Waals surface area contributed by atoms with Gasteiger partial charge in [-0.15, -0.1) is 0 Å². The molecule has 1 unspecified atom stereocenters. The first-order valence-corrected chi connectivity index (χ1v) is 12.0. The molecule has 0 radical (unpaired) electrons. The fraction of sp³-hybridized carbons (Fsp3) is 0.103. The summed E-state index contributed by atoms with van der Waals surface area (Å²) in [5.74, 6) is -1.20. The highest BCUT2D eigenvalue weighted by Crippen LogP contribution is 2.41. The smallest absolute Gasteiger partial charge is 0.261 e. The number of nitrogens with one attached hydrogen (secondary N) is 1. The number of halogens is 1. The van der Waals surface area contributed by atoms with Gasteiger partial charge in [0, 0.05) is 30.2 Å². The minimum absolute atomic E-state index is 0.00916. The number of carbonyl (C=O) groups is 2. The van der Waals surface area contributed by atoms with Gasteiger partial charge >= 0.3 is 0 Å². The van der Waals surface area contributed by atoms with E-state index < -0.39 is 11.8 Å². The molecule has 7 rings (SSSR count). The number of carbonyl (C=O) groups excluding carboxylic acids is 2. The molecule has 0 fully saturated rings. The highest BCUT2D eigenvalue weighted by Gasteiger charge is 2.39. The van der Waals surface area contributed by atoms with E-state index in [4.69, 9.17) is 0 Å². The van der Waals surface area contributed by atoms with Gasteiger partial charge in [0.1, 0.15) is 11.5 Å². The van der Waals surface area contributed by atoms with Gasteiger partial charge in [-0.2, -0.15) is 0 Å². The van der Waals surface area contributed by atoms with Crippen LogP contribution in [0.4, 0.5) is 10.1 Å². The van der Waals surface area contributed by atoms with Crippen molar-refractivity contribution in [3.8, 4) is 0 Å². The van der Waals surface area contributed by atoms with Crippen molar-refractivity contribution in [2.24, 2.45) is 4.99 Å². The van der Waals surface area contributed by atoms with Crippen LogP contribution in [0.5, 0.6) is 0 Å². The van der Waals surface area contributed by atoms with Crippen molar-refractivity contribution in [1.29, 1.82) is 0 Å². The number of aromatic nitrogens is 2. The predicted octanol–water partition coefficient (Wildman–Crippen LogP) is 3.83. The Balaban J connectivity index is 1.36. The molecule has 4 aromatic rings. The first kappa shape index (κ1) is 21.4. The Kier molecular flexibility index (Phi) is 4.69. The van der Waals surface area contributed by atoms with Crippen LogP contribution < -0.4 is 10.2 Å². The molecular weight excluding hydrogens is 469 g/mol. The molecule has 3 aliphatic heterocycles. The molecule has 2 amide bonds. The number of amides is 2. The topological polar surface area (TPSA) is 79.1 Å². The third-order valence-corrected chi connectivity index (χ3v) is 7.17. The fourth-order valence-corrected chi connectivity index (χ4v) is 5.56. The van der Waals surface area contributed by atoms with Crippen LogP contribution in [0.15, 0.2) is 96.0 Å². The van der Waals surface area contributed by atoms with Crippen molar-refractivity contribution in [3.05, 3.63) is 119 Å². The number of imide groups is 1. The number of benzene rings is 2. The average molecular weight is 490 g/mol. The van der Waals surface area contributed by atoms with Crippen molar-refractivity contribution in [1.82, 2.24) is 14.7 Å². The Bertz CT molecular complexity index is 1730. The van der Waals surface area contributed by atoms with Crippen molar-refractivity contribution in [2.45, 2.75) is 18.9 Å². The highest BCUT2D eigenvalue weighted by molar-refractivity contribution is 6.47. The average Bonchev–Trinajstić information content (AvgIpc) is 3.51. The Labute approximate surface area is 211 Å². The van der Waals surface area contributed by atoms with Crippen LogP contribution in [0, 0.1) is 5.82 Å². The van der Waals surface area contributed by atoms with E-state index in [0.29, 0.717) is 29.0 Å². The summed E-state index contributed by atoms with van der Waals surface area (Å²) in [5, 5.41) is 2.45. The molecule has 0 spiro atoms. The zero-order chi connectivity index (χ0) is 25.1. The third-order valence-electron chi connectivity index (χ3n) is 7.17. The van der Waals surface area contributed by atoms with Crippen molar-refractivity contribution in [2.75, 3.05) is 4.90 Å². The zero-order valence-electron chi connectivity index (χ0n) is 19.6. The molecular formula is C29H20FN5O2. The van der Waals surface area contributed by atoms with E-state index in [-0.39, 0.29) is 23.0 Å². The van der Waals surface area contributed by atoms with Crippen LogP contribution >= 0.6 is 0 Å². The highest BCUT2D eigenvalue weighted by atomic mass is 19.1. The van der Waals surface area contributed by atoms with E-state index in [0.717, 1.165) is 23.2 Å². The van der Waals surface area contributed by atoms with Crippen molar-refractivity contribution < 1.29 is 14.0 Å². The second kappa shape index (κ2) is 8.09. The molecule has 3 aliphatic rings. The lowest BCUT2D eigenvalue weighted by atomic mass is 9.94. The van der Waals surface area contributed by atoms with Gasteiger partial charge in [0.25, 0.3) is 11.8 Å². The first-order valence-electron chi connectivity index (χ1n) is 12.0. The number of imidazole rings is 1. The number of nitrogens with zero attached hydrogens (tertiary/aromatic N) is 4. The van der Waals surface area contributed by atoms with Gasteiger partial charge in [0.05, 0.1) is 34.4 Å². The minimum Gasteiger partial charge on any atom is -0.342 e. The third kappa shape index (κ3) is 3.26. The summed E-state index contributed by atoms with van der Waals surface area (Å²) in [6.07, 6.45) is 8.17. The Morgan fingerprint density at radius 2 is 1.81 bits per heavy atom. The van der Waals surface area contributed by atoms with Crippen LogP contribution in [0.25, 0.3) is 11.2 Å². The van der Waals surface area contributed by atoms with Crippen LogP contribution in [0.1, 0.15) is 22.4 Å². The lowest BCUT2D eigenvalue weighted by Gasteiger charge is -2.24. The summed E-state index contributed by atoms with van der Waals surface area (Å²) in [7, 11) is 0. The second-order valence-corrected chi connectivity index (χ2v) is 9.26. The van der Waals surface area contributed by atoms with E-state index >= 15 is 0 Å². The second-order valence-electron chi connectivity index (χ2n) is 9.26. The van der Waals surface area contributed by atoms with E-state index in [2.05, 4.69) is 20.2 Å². The number of hydrogen-bond donors (Lipinski definition) is 1. The van der Waals surface area contributed by atoms with Gasteiger partial charge in [-0.3, -0.25) is 24.3 Å². The van der Waals surface area contributed by atoms with E-state index in [9.17, 15) is 14.0 Å². The van der Waals surface area contributed by atoms with E-state index in [1.54, 1.807) is 22.9 Å². The van der Waals surface area contributed by atoms with Gasteiger partial charge in [0.2, 0.25) is 0 Å². The molecule has 0 aliphatic carbocycles. The quantitative estimate of drug-likeness (QED) is 0.442. The van der Waals surface area contributed by atoms with Crippen LogP contribution in [-0.2, 0) is 22.4 Å². The lowest BCUT2D eigenvalue weighted by molar-refractivity contribution is -0.123. The number of para-hydroxylation sites is 1. The number of aliphatic imine (C=N–C) groups is 1. The number of hydrogen-bond acceptors (Lipinski definition) is 5. The molecule has 1 N–H and O–H groups in total. The summed E-state index contributed by atoms with van der Waals surface area (Å²) >= 11 is 0. The molecule has 0 saturated carbocycles. The molecule has 5 heterocycles. The van der Waals surface area contributed by atoms with Crippen LogP contribution in [0.3, 0.4) is 0 Å². The zero-order valence-corrected chi connectivity index (χ0v) is 19.6. The Morgan fingerprint density at radius 3 is 2.70 bits per heavy atom. The molecule has 37 heavy (non-hydrogen) atoms.